The van der Waals surface area contributed by atoms with Crippen molar-refractivity contribution in [2.45, 2.75) is 19.9 Å². The largest absolute Gasteiger partial charge is 0.465 e. The van der Waals surface area contributed by atoms with Crippen molar-refractivity contribution in [1.82, 2.24) is 9.88 Å². The highest BCUT2D eigenvalue weighted by Crippen LogP contribution is 2.22. The van der Waals surface area contributed by atoms with Gasteiger partial charge in [-0.15, -0.1) is 0 Å². The Morgan fingerprint density at radius 1 is 1.07 bits per heavy atom. The van der Waals surface area contributed by atoms with Crippen LogP contribution in [0.25, 0.3) is 10.9 Å². The van der Waals surface area contributed by atoms with Crippen molar-refractivity contribution >= 4 is 34.4 Å². The molecule has 7 heteroatoms. The van der Waals surface area contributed by atoms with Gasteiger partial charge < -0.3 is 19.9 Å². The summed E-state index contributed by atoms with van der Waals surface area (Å²) >= 11 is 0. The molecular formula is C22H23N3O4. The summed E-state index contributed by atoms with van der Waals surface area (Å²) in [7, 11) is 1.32. The normalized spacial score (nSPS) is 10.6. The molecular weight excluding hydrogens is 370 g/mol. The van der Waals surface area contributed by atoms with Crippen LogP contribution in [0.1, 0.15) is 34.1 Å². The van der Waals surface area contributed by atoms with Crippen LogP contribution >= 0.6 is 0 Å². The van der Waals surface area contributed by atoms with Crippen LogP contribution in [-0.2, 0) is 16.1 Å². The van der Waals surface area contributed by atoms with Crippen LogP contribution in [-0.4, -0.2) is 36.0 Å². The SMILES string of the molecule is CCCNC(=O)c1cccc(NC(=O)Cn2cc(C(=O)OC)c3ccccc32)c1. The molecule has 2 N–H and O–H groups in total. The molecule has 0 spiro atoms. The fourth-order valence-electron chi connectivity index (χ4n) is 3.08. The molecule has 0 unspecified atom stereocenters. The summed E-state index contributed by atoms with van der Waals surface area (Å²) in [5, 5.41) is 6.34. The Morgan fingerprint density at radius 2 is 1.86 bits per heavy atom. The zero-order valence-electron chi connectivity index (χ0n) is 16.4. The van der Waals surface area contributed by atoms with E-state index in [-0.39, 0.29) is 18.4 Å². The lowest BCUT2D eigenvalue weighted by molar-refractivity contribution is -0.116. The van der Waals surface area contributed by atoms with Crippen molar-refractivity contribution in [2.75, 3.05) is 19.0 Å². The van der Waals surface area contributed by atoms with Gasteiger partial charge >= 0.3 is 5.97 Å². The number of anilines is 1. The lowest BCUT2D eigenvalue weighted by Gasteiger charge is -2.09. The quantitative estimate of drug-likeness (QED) is 0.603. The summed E-state index contributed by atoms with van der Waals surface area (Å²) in [5.74, 6) is -0.901. The average Bonchev–Trinajstić information content (AvgIpc) is 3.10. The second-order valence-electron chi connectivity index (χ2n) is 6.56. The van der Waals surface area contributed by atoms with Crippen LogP contribution in [0.3, 0.4) is 0 Å². The van der Waals surface area contributed by atoms with Gasteiger partial charge in [0, 0.05) is 34.9 Å². The number of aromatic nitrogens is 1. The van der Waals surface area contributed by atoms with Crippen molar-refractivity contribution in [3.63, 3.8) is 0 Å². The second-order valence-corrected chi connectivity index (χ2v) is 6.56. The lowest BCUT2D eigenvalue weighted by Crippen LogP contribution is -2.24. The van der Waals surface area contributed by atoms with Gasteiger partial charge in [-0.05, 0) is 30.7 Å². The number of rotatable bonds is 7. The fourth-order valence-corrected chi connectivity index (χ4v) is 3.08. The Balaban J connectivity index is 1.77. The first-order valence-electron chi connectivity index (χ1n) is 9.37. The van der Waals surface area contributed by atoms with Gasteiger partial charge in [0.05, 0.1) is 12.7 Å². The molecule has 0 aliphatic heterocycles. The molecule has 0 aliphatic carbocycles. The topological polar surface area (TPSA) is 89.4 Å². The fraction of sp³-hybridized carbons (Fsp3) is 0.227. The van der Waals surface area contributed by atoms with E-state index in [2.05, 4.69) is 10.6 Å². The highest BCUT2D eigenvalue weighted by molar-refractivity contribution is 6.05. The van der Waals surface area contributed by atoms with Gasteiger partial charge in [0.2, 0.25) is 5.91 Å². The molecule has 0 radical (unpaired) electrons. The highest BCUT2D eigenvalue weighted by Gasteiger charge is 2.16. The van der Waals surface area contributed by atoms with E-state index < -0.39 is 5.97 Å². The number of hydrogen-bond acceptors (Lipinski definition) is 4. The van der Waals surface area contributed by atoms with Crippen LogP contribution in [0, 0.1) is 0 Å². The van der Waals surface area contributed by atoms with Crippen LogP contribution < -0.4 is 10.6 Å². The number of ether oxygens (including phenoxy) is 1. The van der Waals surface area contributed by atoms with E-state index in [0.717, 1.165) is 17.3 Å². The van der Waals surface area contributed by atoms with Gasteiger partial charge in [-0.2, -0.15) is 0 Å². The molecule has 7 nitrogen and oxygen atoms in total. The number of amides is 2. The van der Waals surface area contributed by atoms with Crippen LogP contribution in [0.4, 0.5) is 5.69 Å². The molecule has 1 aromatic heterocycles. The summed E-state index contributed by atoms with van der Waals surface area (Å²) in [4.78, 5) is 36.7. The van der Waals surface area contributed by atoms with Gasteiger partial charge in [0.15, 0.2) is 0 Å². The van der Waals surface area contributed by atoms with E-state index in [9.17, 15) is 14.4 Å². The van der Waals surface area contributed by atoms with Gasteiger partial charge in [0.25, 0.3) is 5.91 Å². The van der Waals surface area contributed by atoms with Crippen molar-refractivity contribution in [1.29, 1.82) is 0 Å². The Bertz CT molecular complexity index is 1060. The smallest absolute Gasteiger partial charge is 0.340 e. The number of para-hydroxylation sites is 1. The zero-order chi connectivity index (χ0) is 20.8. The number of esters is 1. The van der Waals surface area contributed by atoms with Gasteiger partial charge in [-0.25, -0.2) is 4.79 Å². The summed E-state index contributed by atoms with van der Waals surface area (Å²) in [6.07, 6.45) is 2.46. The molecule has 1 heterocycles. The molecule has 2 amide bonds. The molecule has 2 aromatic carbocycles. The van der Waals surface area contributed by atoms with Gasteiger partial charge in [0.1, 0.15) is 6.54 Å². The number of methoxy groups -OCH3 is 1. The van der Waals surface area contributed by atoms with E-state index in [1.807, 2.05) is 31.2 Å². The maximum absolute atomic E-state index is 12.6. The molecule has 0 atom stereocenters. The predicted octanol–water partition coefficient (Wildman–Crippen LogP) is 3.21. The van der Waals surface area contributed by atoms with E-state index in [1.165, 1.54) is 7.11 Å². The third kappa shape index (κ3) is 4.63. The summed E-state index contributed by atoms with van der Waals surface area (Å²) < 4.78 is 6.53. The maximum Gasteiger partial charge on any atom is 0.340 e. The Labute approximate surface area is 168 Å². The van der Waals surface area contributed by atoms with Crippen LogP contribution in [0.5, 0.6) is 0 Å². The first-order chi connectivity index (χ1) is 14.0. The minimum atomic E-state index is -0.453. The molecule has 150 valence electrons. The first kappa shape index (κ1) is 20.1. The Morgan fingerprint density at radius 3 is 2.62 bits per heavy atom. The zero-order valence-corrected chi connectivity index (χ0v) is 16.4. The summed E-state index contributed by atoms with van der Waals surface area (Å²) in [5.41, 5.74) is 2.18. The van der Waals surface area contributed by atoms with Crippen molar-refractivity contribution in [2.24, 2.45) is 0 Å². The van der Waals surface area contributed by atoms with Crippen molar-refractivity contribution in [3.8, 4) is 0 Å². The molecule has 0 aliphatic rings. The van der Waals surface area contributed by atoms with Crippen LogP contribution in [0.15, 0.2) is 54.7 Å². The van der Waals surface area contributed by atoms with E-state index >= 15 is 0 Å². The monoisotopic (exact) mass is 393 g/mol. The second kappa shape index (κ2) is 9.05. The summed E-state index contributed by atoms with van der Waals surface area (Å²) in [6.45, 7) is 2.59. The van der Waals surface area contributed by atoms with E-state index in [4.69, 9.17) is 4.74 Å². The Kier molecular flexibility index (Phi) is 6.29. The van der Waals surface area contributed by atoms with Gasteiger partial charge in [-0.1, -0.05) is 31.2 Å². The highest BCUT2D eigenvalue weighted by atomic mass is 16.5. The van der Waals surface area contributed by atoms with E-state index in [1.54, 1.807) is 35.0 Å². The number of hydrogen-bond donors (Lipinski definition) is 2. The first-order valence-corrected chi connectivity index (χ1v) is 9.37. The Hall–Kier alpha value is -3.61. The number of carbonyl (C=O) groups excluding carboxylic acids is 3. The molecule has 0 saturated heterocycles. The maximum atomic E-state index is 12.6. The number of nitrogens with one attached hydrogen (secondary N) is 2. The molecule has 3 rings (SSSR count). The third-order valence-corrected chi connectivity index (χ3v) is 4.45. The van der Waals surface area contributed by atoms with Crippen LogP contribution in [0.2, 0.25) is 0 Å². The molecule has 0 bridgehead atoms. The summed E-state index contributed by atoms with van der Waals surface area (Å²) in [6, 6.07) is 14.1. The molecule has 3 aromatic rings. The minimum Gasteiger partial charge on any atom is -0.465 e. The van der Waals surface area contributed by atoms with Gasteiger partial charge in [-0.3, -0.25) is 9.59 Å². The standard InChI is InChI=1S/C22H23N3O4/c1-3-11-23-21(27)15-7-6-8-16(12-15)24-20(26)14-25-13-18(22(28)29-2)17-9-4-5-10-19(17)25/h4-10,12-13H,3,11,14H2,1-2H3,(H,23,27)(H,24,26). The number of carbonyl (C=O) groups is 3. The lowest BCUT2D eigenvalue weighted by atomic mass is 10.2. The van der Waals surface area contributed by atoms with Crippen molar-refractivity contribution < 1.29 is 19.1 Å². The molecule has 0 saturated carbocycles. The number of nitrogens with zero attached hydrogens (tertiary/aromatic N) is 1. The minimum absolute atomic E-state index is 0.0176. The van der Waals surface area contributed by atoms with Crippen molar-refractivity contribution in [3.05, 3.63) is 65.9 Å². The molecule has 0 fully saturated rings. The number of fused-ring (bicyclic) bond motifs is 1. The van der Waals surface area contributed by atoms with E-state index in [0.29, 0.717) is 23.4 Å². The average molecular weight is 393 g/mol. The predicted molar refractivity (Wildman–Crippen MR) is 111 cm³/mol. The number of benzene rings is 2. The third-order valence-electron chi connectivity index (χ3n) is 4.45. The molecule has 29 heavy (non-hydrogen) atoms.